The van der Waals surface area contributed by atoms with E-state index >= 15 is 0 Å². The van der Waals surface area contributed by atoms with E-state index in [4.69, 9.17) is 4.74 Å². The monoisotopic (exact) mass is 608 g/mol. The molecule has 12 heteroatoms. The van der Waals surface area contributed by atoms with Crippen LogP contribution in [0.25, 0.3) is 0 Å². The first-order chi connectivity index (χ1) is 20.1. The molecule has 3 aliphatic heterocycles. The molecule has 3 saturated heterocycles. The number of amides is 1. The predicted molar refractivity (Wildman–Crippen MR) is 151 cm³/mol. The van der Waals surface area contributed by atoms with E-state index in [1.165, 1.54) is 23.2 Å². The van der Waals surface area contributed by atoms with Crippen LogP contribution in [-0.2, 0) is 31.3 Å². The fourth-order valence-corrected chi connectivity index (χ4v) is 8.17. The molecule has 5 rings (SSSR count). The molecule has 1 unspecified atom stereocenters. The maximum Gasteiger partial charge on any atom is 0.416 e. The highest BCUT2D eigenvalue weighted by Crippen LogP contribution is 2.38. The van der Waals surface area contributed by atoms with E-state index in [-0.39, 0.29) is 18.9 Å². The smallest absolute Gasteiger partial charge is 0.369 e. The van der Waals surface area contributed by atoms with Crippen LogP contribution in [0.15, 0.2) is 53.7 Å². The van der Waals surface area contributed by atoms with Crippen molar-refractivity contribution in [3.63, 3.8) is 0 Å². The molecule has 3 fully saturated rings. The van der Waals surface area contributed by atoms with Crippen molar-refractivity contribution in [1.29, 1.82) is 0 Å². The first-order valence-electron chi connectivity index (χ1n) is 14.8. The van der Waals surface area contributed by atoms with E-state index in [1.54, 1.807) is 11.1 Å². The molecule has 1 aromatic carbocycles. The number of ether oxygens (including phenoxy) is 1. The summed E-state index contributed by atoms with van der Waals surface area (Å²) in [5, 5.41) is 0. The van der Waals surface area contributed by atoms with Crippen LogP contribution in [0.1, 0.15) is 62.5 Å². The van der Waals surface area contributed by atoms with Gasteiger partial charge < -0.3 is 14.5 Å². The summed E-state index contributed by atoms with van der Waals surface area (Å²) in [6, 6.07) is 7.12. The second kappa shape index (κ2) is 13.0. The van der Waals surface area contributed by atoms with Gasteiger partial charge in [-0.1, -0.05) is 18.6 Å². The molecular formula is C30H39F3N4O4S. The molecule has 0 bridgehead atoms. The third-order valence-electron chi connectivity index (χ3n) is 8.85. The Labute approximate surface area is 245 Å². The molecule has 8 nitrogen and oxygen atoms in total. The summed E-state index contributed by atoms with van der Waals surface area (Å²) in [7, 11) is -4.21. The largest absolute Gasteiger partial charge is 0.416 e. The highest BCUT2D eigenvalue weighted by atomic mass is 32.2. The molecule has 0 saturated carbocycles. The molecule has 0 N–H and O–H groups in total. The van der Waals surface area contributed by atoms with E-state index in [0.29, 0.717) is 51.4 Å². The molecule has 0 aliphatic carbocycles. The van der Waals surface area contributed by atoms with Gasteiger partial charge in [0.25, 0.3) is 0 Å². The molecule has 1 atom stereocenters. The highest BCUT2D eigenvalue weighted by molar-refractivity contribution is 7.89. The Balaban J connectivity index is 1.25. The topological polar surface area (TPSA) is 83.0 Å². The maximum atomic E-state index is 13.5. The lowest BCUT2D eigenvalue weighted by atomic mass is 9.84. The summed E-state index contributed by atoms with van der Waals surface area (Å²) < 4.78 is 74.6. The minimum Gasteiger partial charge on any atom is -0.369 e. The van der Waals surface area contributed by atoms with Crippen LogP contribution in [0, 0.1) is 0 Å². The molecule has 0 spiro atoms. The van der Waals surface area contributed by atoms with Gasteiger partial charge in [-0.25, -0.2) is 8.42 Å². The Kier molecular flexibility index (Phi) is 9.56. The molecule has 1 aromatic heterocycles. The SMILES string of the molecule is O=C(CC1CCCCN1S(=O)(=O)c1cccc(C(F)(F)F)c1)N1CCC(OCCN2CCCC2)(c2cccnc2)CC1. The van der Waals surface area contributed by atoms with Crippen LogP contribution < -0.4 is 0 Å². The van der Waals surface area contributed by atoms with Crippen molar-refractivity contribution in [2.75, 3.05) is 45.9 Å². The number of benzene rings is 1. The lowest BCUT2D eigenvalue weighted by molar-refractivity contribution is -0.141. The van der Waals surface area contributed by atoms with Crippen molar-refractivity contribution < 1.29 is 31.1 Å². The number of carbonyl (C=O) groups excluding carboxylic acids is 1. The third-order valence-corrected chi connectivity index (χ3v) is 10.8. The van der Waals surface area contributed by atoms with Gasteiger partial charge in [-0.05, 0) is 75.9 Å². The number of nitrogens with zero attached hydrogens (tertiary/aromatic N) is 4. The van der Waals surface area contributed by atoms with Crippen LogP contribution in [0.5, 0.6) is 0 Å². The molecule has 3 aliphatic rings. The molecule has 230 valence electrons. The van der Waals surface area contributed by atoms with Crippen molar-refractivity contribution in [2.24, 2.45) is 0 Å². The number of alkyl halides is 3. The normalized spacial score (nSPS) is 22.4. The van der Waals surface area contributed by atoms with E-state index in [2.05, 4.69) is 9.88 Å². The number of sulfonamides is 1. The Morgan fingerprint density at radius 3 is 2.43 bits per heavy atom. The van der Waals surface area contributed by atoms with Gasteiger partial charge in [0.2, 0.25) is 15.9 Å². The highest BCUT2D eigenvalue weighted by Gasteiger charge is 2.41. The lowest BCUT2D eigenvalue weighted by Gasteiger charge is -2.43. The number of halogens is 3. The molecule has 2 aromatic rings. The van der Waals surface area contributed by atoms with Crippen molar-refractivity contribution in [2.45, 2.75) is 74.1 Å². The minimum atomic E-state index is -4.65. The number of rotatable bonds is 9. The van der Waals surface area contributed by atoms with Crippen molar-refractivity contribution in [3.8, 4) is 0 Å². The maximum absolute atomic E-state index is 13.5. The van der Waals surface area contributed by atoms with Crippen molar-refractivity contribution in [3.05, 3.63) is 59.9 Å². The average Bonchev–Trinajstić information content (AvgIpc) is 3.51. The average molecular weight is 609 g/mol. The first-order valence-corrected chi connectivity index (χ1v) is 16.3. The second-order valence-corrected chi connectivity index (χ2v) is 13.4. The number of hydrogen-bond acceptors (Lipinski definition) is 6. The molecule has 0 radical (unpaired) electrons. The Morgan fingerprint density at radius 1 is 1.00 bits per heavy atom. The zero-order valence-electron chi connectivity index (χ0n) is 23.8. The minimum absolute atomic E-state index is 0.00605. The fraction of sp³-hybridized carbons (Fsp3) is 0.600. The Bertz CT molecular complexity index is 1310. The summed E-state index contributed by atoms with van der Waals surface area (Å²) >= 11 is 0. The summed E-state index contributed by atoms with van der Waals surface area (Å²) in [6.45, 7) is 4.73. The number of carbonyl (C=O) groups is 1. The number of aromatic nitrogens is 1. The van der Waals surface area contributed by atoms with E-state index in [9.17, 15) is 26.4 Å². The summed E-state index contributed by atoms with van der Waals surface area (Å²) in [4.78, 5) is 21.6. The Hall–Kier alpha value is -2.54. The lowest BCUT2D eigenvalue weighted by Crippen LogP contribution is -2.50. The second-order valence-electron chi connectivity index (χ2n) is 11.5. The summed E-state index contributed by atoms with van der Waals surface area (Å²) in [5.41, 5.74) is -0.570. The predicted octanol–water partition coefficient (Wildman–Crippen LogP) is 4.66. The quantitative estimate of drug-likeness (QED) is 0.412. The number of likely N-dealkylation sites (tertiary alicyclic amines) is 2. The number of hydrogen-bond donors (Lipinski definition) is 0. The van der Waals surface area contributed by atoms with E-state index < -0.39 is 38.3 Å². The zero-order chi connectivity index (χ0) is 29.8. The van der Waals surface area contributed by atoms with Gasteiger partial charge >= 0.3 is 6.18 Å². The zero-order valence-corrected chi connectivity index (χ0v) is 24.6. The van der Waals surface area contributed by atoms with Gasteiger partial charge in [-0.2, -0.15) is 17.5 Å². The van der Waals surface area contributed by atoms with Crippen molar-refractivity contribution in [1.82, 2.24) is 19.1 Å². The van der Waals surface area contributed by atoms with Gasteiger partial charge in [0.1, 0.15) is 0 Å². The van der Waals surface area contributed by atoms with Crippen LogP contribution in [0.2, 0.25) is 0 Å². The van der Waals surface area contributed by atoms with Gasteiger partial charge in [0.05, 0.1) is 22.7 Å². The molecular weight excluding hydrogens is 569 g/mol. The fourth-order valence-electron chi connectivity index (χ4n) is 6.44. The van der Waals surface area contributed by atoms with Gasteiger partial charge in [0, 0.05) is 56.6 Å². The van der Waals surface area contributed by atoms with Crippen LogP contribution in [0.3, 0.4) is 0 Å². The molecule has 4 heterocycles. The number of piperidine rings is 2. The molecule has 42 heavy (non-hydrogen) atoms. The van der Waals surface area contributed by atoms with Crippen molar-refractivity contribution >= 4 is 15.9 Å². The van der Waals surface area contributed by atoms with Gasteiger partial charge in [-0.3, -0.25) is 9.78 Å². The van der Waals surface area contributed by atoms with Crippen LogP contribution in [0.4, 0.5) is 13.2 Å². The standard InChI is InChI=1S/C30H39F3N4O4S/c31-30(32,33)24-7-5-10-27(21-24)42(39,40)37-16-2-1-9-26(37)22-28(38)36-17-11-29(12-18-36,25-8-6-13-34-23-25)41-20-19-35-14-3-4-15-35/h5-8,10,13,21,23,26H,1-4,9,11-12,14-20,22H2. The third kappa shape index (κ3) is 6.98. The summed E-state index contributed by atoms with van der Waals surface area (Å²) in [6.07, 6.45) is 4.34. The van der Waals surface area contributed by atoms with Crippen LogP contribution in [-0.4, -0.2) is 85.3 Å². The summed E-state index contributed by atoms with van der Waals surface area (Å²) in [5.74, 6) is -0.150. The van der Waals surface area contributed by atoms with E-state index in [0.717, 1.165) is 43.8 Å². The molecule has 1 amide bonds. The first kappa shape index (κ1) is 30.9. The number of pyridine rings is 1. The van der Waals surface area contributed by atoms with Gasteiger partial charge in [-0.15, -0.1) is 0 Å². The Morgan fingerprint density at radius 2 is 1.74 bits per heavy atom. The van der Waals surface area contributed by atoms with E-state index in [1.807, 2.05) is 18.3 Å². The van der Waals surface area contributed by atoms with Gasteiger partial charge in [0.15, 0.2) is 0 Å². The van der Waals surface area contributed by atoms with Crippen LogP contribution >= 0.6 is 0 Å².